The van der Waals surface area contributed by atoms with Crippen LogP contribution in [0, 0.1) is 0 Å². The molecule has 8 nitrogen and oxygen atoms in total. The number of rotatable bonds is 5. The number of ether oxygens (including phenoxy) is 1. The fourth-order valence-electron chi connectivity index (χ4n) is 3.61. The summed E-state index contributed by atoms with van der Waals surface area (Å²) in [5, 5.41) is 8.00. The van der Waals surface area contributed by atoms with Crippen molar-refractivity contribution in [2.45, 2.75) is 6.54 Å². The summed E-state index contributed by atoms with van der Waals surface area (Å²) in [6.07, 6.45) is 0. The van der Waals surface area contributed by atoms with Crippen LogP contribution < -0.4 is 15.0 Å². The van der Waals surface area contributed by atoms with Gasteiger partial charge in [0.05, 0.1) is 19.3 Å². The molecule has 4 rings (SSSR count). The highest BCUT2D eigenvalue weighted by Crippen LogP contribution is 2.28. The predicted molar refractivity (Wildman–Crippen MR) is 122 cm³/mol. The van der Waals surface area contributed by atoms with Gasteiger partial charge in [-0.25, -0.2) is 0 Å². The largest absolute Gasteiger partial charge is 0.495 e. The van der Waals surface area contributed by atoms with Gasteiger partial charge in [-0.2, -0.15) is 4.98 Å². The standard InChI is InChI=1S/C22H25ClN6O2/c1-24-22(25-15-20-26-21(27-31-20)16-6-5-7-17(23)14-16)29-12-10-28(11-13-29)18-8-3-4-9-19(18)30-2/h3-9,14H,10-13,15H2,1-2H3,(H,24,25). The van der Waals surface area contributed by atoms with E-state index in [-0.39, 0.29) is 0 Å². The quantitative estimate of drug-likeness (QED) is 0.481. The monoisotopic (exact) mass is 440 g/mol. The lowest BCUT2D eigenvalue weighted by Gasteiger charge is -2.38. The number of piperazine rings is 1. The highest BCUT2D eigenvalue weighted by atomic mass is 35.5. The lowest BCUT2D eigenvalue weighted by atomic mass is 10.2. The van der Waals surface area contributed by atoms with Crippen LogP contribution in [-0.2, 0) is 6.54 Å². The SMILES string of the molecule is CN=C(NCc1nc(-c2cccc(Cl)c2)no1)N1CCN(c2ccccc2OC)CC1. The maximum atomic E-state index is 6.05. The second-order valence-corrected chi connectivity index (χ2v) is 7.51. The van der Waals surface area contributed by atoms with E-state index in [1.54, 1.807) is 14.2 Å². The van der Waals surface area contributed by atoms with Crippen molar-refractivity contribution in [3.05, 3.63) is 59.4 Å². The minimum Gasteiger partial charge on any atom is -0.495 e. The molecule has 0 radical (unpaired) electrons. The third kappa shape index (κ3) is 4.91. The molecule has 1 aliphatic heterocycles. The van der Waals surface area contributed by atoms with Crippen molar-refractivity contribution in [3.63, 3.8) is 0 Å². The average Bonchev–Trinajstić information content (AvgIpc) is 3.29. The second kappa shape index (κ2) is 9.70. The number of halogens is 1. The van der Waals surface area contributed by atoms with Crippen molar-refractivity contribution in [1.29, 1.82) is 0 Å². The molecule has 31 heavy (non-hydrogen) atoms. The molecule has 0 saturated carbocycles. The predicted octanol–water partition coefficient (Wildman–Crippen LogP) is 3.30. The molecule has 0 spiro atoms. The van der Waals surface area contributed by atoms with E-state index in [4.69, 9.17) is 20.9 Å². The van der Waals surface area contributed by atoms with Gasteiger partial charge < -0.3 is 24.4 Å². The number of hydrogen-bond acceptors (Lipinski definition) is 6. The molecule has 2 aromatic carbocycles. The molecule has 1 N–H and O–H groups in total. The summed E-state index contributed by atoms with van der Waals surface area (Å²) in [4.78, 5) is 13.4. The molecule has 9 heteroatoms. The van der Waals surface area contributed by atoms with E-state index < -0.39 is 0 Å². The first kappa shape index (κ1) is 21.0. The molecule has 1 saturated heterocycles. The topological polar surface area (TPSA) is 79.0 Å². The van der Waals surface area contributed by atoms with Crippen molar-refractivity contribution < 1.29 is 9.26 Å². The van der Waals surface area contributed by atoms with Crippen molar-refractivity contribution in [2.75, 3.05) is 45.2 Å². The minimum absolute atomic E-state index is 0.396. The van der Waals surface area contributed by atoms with Crippen LogP contribution in [-0.4, -0.2) is 61.3 Å². The molecule has 0 unspecified atom stereocenters. The lowest BCUT2D eigenvalue weighted by Crippen LogP contribution is -2.52. The van der Waals surface area contributed by atoms with Crippen LogP contribution in [0.5, 0.6) is 5.75 Å². The molecule has 2 heterocycles. The van der Waals surface area contributed by atoms with Gasteiger partial charge in [0.1, 0.15) is 5.75 Å². The Morgan fingerprint density at radius 3 is 2.71 bits per heavy atom. The maximum Gasteiger partial charge on any atom is 0.246 e. The van der Waals surface area contributed by atoms with Crippen LogP contribution in [0.2, 0.25) is 5.02 Å². The molecule has 0 aliphatic carbocycles. The molecule has 0 bridgehead atoms. The van der Waals surface area contributed by atoms with E-state index in [9.17, 15) is 0 Å². The van der Waals surface area contributed by atoms with Crippen molar-refractivity contribution >= 4 is 23.2 Å². The smallest absolute Gasteiger partial charge is 0.246 e. The van der Waals surface area contributed by atoms with Gasteiger partial charge in [0, 0.05) is 43.8 Å². The first-order valence-corrected chi connectivity index (χ1v) is 10.5. The molecule has 0 amide bonds. The van der Waals surface area contributed by atoms with Crippen molar-refractivity contribution in [3.8, 4) is 17.1 Å². The van der Waals surface area contributed by atoms with Crippen molar-refractivity contribution in [1.82, 2.24) is 20.4 Å². The number of nitrogens with one attached hydrogen (secondary N) is 1. The van der Waals surface area contributed by atoms with Crippen LogP contribution >= 0.6 is 11.6 Å². The summed E-state index contributed by atoms with van der Waals surface area (Å²) in [6.45, 7) is 3.83. The van der Waals surface area contributed by atoms with Gasteiger partial charge in [0.25, 0.3) is 0 Å². The Morgan fingerprint density at radius 1 is 1.16 bits per heavy atom. The van der Waals surface area contributed by atoms with Gasteiger partial charge >= 0.3 is 0 Å². The van der Waals surface area contributed by atoms with Crippen LogP contribution in [0.4, 0.5) is 5.69 Å². The number of aromatic nitrogens is 2. The van der Waals surface area contributed by atoms with Crippen molar-refractivity contribution in [2.24, 2.45) is 4.99 Å². The Morgan fingerprint density at radius 2 is 1.97 bits per heavy atom. The van der Waals surface area contributed by atoms with Crippen LogP contribution in [0.3, 0.4) is 0 Å². The first-order chi connectivity index (χ1) is 15.2. The van der Waals surface area contributed by atoms with E-state index in [1.165, 1.54) is 0 Å². The van der Waals surface area contributed by atoms with Gasteiger partial charge in [0.2, 0.25) is 11.7 Å². The van der Waals surface area contributed by atoms with Gasteiger partial charge in [-0.3, -0.25) is 4.99 Å². The summed E-state index contributed by atoms with van der Waals surface area (Å²) in [5.41, 5.74) is 1.94. The number of hydrogen-bond donors (Lipinski definition) is 1. The third-order valence-corrected chi connectivity index (χ3v) is 5.40. The van der Waals surface area contributed by atoms with E-state index in [1.807, 2.05) is 42.5 Å². The zero-order valence-corrected chi connectivity index (χ0v) is 18.3. The number of methoxy groups -OCH3 is 1. The molecular formula is C22H25ClN6O2. The Labute approximate surface area is 186 Å². The van der Waals surface area contributed by atoms with E-state index in [2.05, 4.69) is 36.3 Å². The fourth-order valence-corrected chi connectivity index (χ4v) is 3.80. The van der Waals surface area contributed by atoms with Crippen LogP contribution in [0.15, 0.2) is 58.0 Å². The van der Waals surface area contributed by atoms with Gasteiger partial charge in [-0.1, -0.05) is 41.0 Å². The average molecular weight is 441 g/mol. The molecule has 162 valence electrons. The van der Waals surface area contributed by atoms with E-state index in [0.717, 1.165) is 49.1 Å². The highest BCUT2D eigenvalue weighted by molar-refractivity contribution is 6.30. The summed E-state index contributed by atoms with van der Waals surface area (Å²) >= 11 is 6.05. The highest BCUT2D eigenvalue weighted by Gasteiger charge is 2.22. The molecule has 3 aromatic rings. The third-order valence-electron chi connectivity index (χ3n) is 5.17. The van der Waals surface area contributed by atoms with Crippen LogP contribution in [0.25, 0.3) is 11.4 Å². The van der Waals surface area contributed by atoms with E-state index >= 15 is 0 Å². The molecule has 1 aromatic heterocycles. The molecule has 1 fully saturated rings. The second-order valence-electron chi connectivity index (χ2n) is 7.07. The number of guanidine groups is 1. The minimum atomic E-state index is 0.396. The van der Waals surface area contributed by atoms with Crippen LogP contribution in [0.1, 0.15) is 5.89 Å². The number of para-hydroxylation sites is 2. The zero-order valence-electron chi connectivity index (χ0n) is 17.6. The molecule has 1 aliphatic rings. The maximum absolute atomic E-state index is 6.05. The zero-order chi connectivity index (χ0) is 21.6. The number of aliphatic imine (C=N–C) groups is 1. The van der Waals surface area contributed by atoms with Gasteiger partial charge in [-0.15, -0.1) is 0 Å². The lowest BCUT2D eigenvalue weighted by molar-refractivity contribution is 0.353. The summed E-state index contributed by atoms with van der Waals surface area (Å²) < 4.78 is 10.9. The Balaban J connectivity index is 1.34. The summed E-state index contributed by atoms with van der Waals surface area (Å²) in [6, 6.07) is 15.5. The number of anilines is 1. The fraction of sp³-hybridized carbons (Fsp3) is 0.318. The summed E-state index contributed by atoms with van der Waals surface area (Å²) in [5.74, 6) is 2.70. The number of nitrogens with zero attached hydrogens (tertiary/aromatic N) is 5. The normalized spacial score (nSPS) is 14.6. The number of benzene rings is 2. The van der Waals surface area contributed by atoms with Gasteiger partial charge in [-0.05, 0) is 24.3 Å². The Bertz CT molecular complexity index is 1050. The van der Waals surface area contributed by atoms with Gasteiger partial charge in [0.15, 0.2) is 5.96 Å². The summed E-state index contributed by atoms with van der Waals surface area (Å²) in [7, 11) is 3.48. The Hall–Kier alpha value is -3.26. The van der Waals surface area contributed by atoms with E-state index in [0.29, 0.717) is 23.3 Å². The first-order valence-electron chi connectivity index (χ1n) is 10.1. The Kier molecular flexibility index (Phi) is 6.57. The molecule has 0 atom stereocenters. The molecular weight excluding hydrogens is 416 g/mol.